The zero-order valence-corrected chi connectivity index (χ0v) is 14.1. The molecule has 142 valence electrons. The van der Waals surface area contributed by atoms with E-state index in [2.05, 4.69) is 4.74 Å². The number of carbonyl (C=O) groups excluding carboxylic acids is 2. The van der Waals surface area contributed by atoms with E-state index < -0.39 is 30.0 Å². The highest BCUT2D eigenvalue weighted by Gasteiger charge is 2.14. The highest BCUT2D eigenvalue weighted by Crippen LogP contribution is 2.28. The Balaban J connectivity index is 1.90. The molecular weight excluding hydrogens is 390 g/mol. The summed E-state index contributed by atoms with van der Waals surface area (Å²) in [6, 6.07) is 8.13. The highest BCUT2D eigenvalue weighted by atomic mass is 35.5. The quantitative estimate of drug-likeness (QED) is 0.565. The predicted molar refractivity (Wildman–Crippen MR) is 89.1 cm³/mol. The first-order valence-electron chi connectivity index (χ1n) is 7.22. The molecule has 27 heavy (non-hydrogen) atoms. The van der Waals surface area contributed by atoms with Gasteiger partial charge in [-0.2, -0.15) is 8.78 Å². The van der Waals surface area contributed by atoms with Crippen molar-refractivity contribution in [3.8, 4) is 11.5 Å². The molecule has 0 aromatic heterocycles. The number of non-ortho nitro benzene ring substituents is 1. The van der Waals surface area contributed by atoms with Gasteiger partial charge < -0.3 is 9.47 Å². The molecule has 0 bridgehead atoms. The van der Waals surface area contributed by atoms with Crippen LogP contribution in [0.25, 0.3) is 0 Å². The van der Waals surface area contributed by atoms with E-state index in [1.807, 2.05) is 5.32 Å². The number of nitro benzene ring substituents is 1. The molecule has 0 aliphatic rings. The van der Waals surface area contributed by atoms with Crippen molar-refractivity contribution >= 4 is 29.1 Å². The topological polar surface area (TPSA) is 108 Å². The van der Waals surface area contributed by atoms with Crippen molar-refractivity contribution in [2.75, 3.05) is 6.61 Å². The number of nitrogens with zero attached hydrogens (tertiary/aromatic N) is 1. The number of amides is 2. The number of carbonyl (C=O) groups is 2. The van der Waals surface area contributed by atoms with Gasteiger partial charge >= 0.3 is 6.61 Å². The average molecular weight is 401 g/mol. The maximum absolute atomic E-state index is 12.1. The van der Waals surface area contributed by atoms with Crippen LogP contribution in [0.2, 0.25) is 5.02 Å². The highest BCUT2D eigenvalue weighted by molar-refractivity contribution is 6.32. The van der Waals surface area contributed by atoms with Crippen LogP contribution in [0, 0.1) is 10.1 Å². The molecule has 0 spiro atoms. The number of rotatable bonds is 7. The number of nitrogens with one attached hydrogen (secondary N) is 1. The molecule has 8 nitrogen and oxygen atoms in total. The average Bonchev–Trinajstić information content (AvgIpc) is 2.60. The summed E-state index contributed by atoms with van der Waals surface area (Å²) in [4.78, 5) is 33.7. The van der Waals surface area contributed by atoms with Gasteiger partial charge in [0, 0.05) is 17.7 Å². The standard InChI is InChI=1S/C16H11ClF2N2O6/c17-12-7-10(21(24)25)3-6-13(12)26-8-14(22)20-15(23)9-1-4-11(5-2-9)27-16(18)19/h1-7,16H,8H2,(H,20,22,23). The Morgan fingerprint density at radius 1 is 1.19 bits per heavy atom. The van der Waals surface area contributed by atoms with Gasteiger partial charge in [0.25, 0.3) is 17.5 Å². The van der Waals surface area contributed by atoms with Gasteiger partial charge in [0.15, 0.2) is 6.61 Å². The molecule has 0 heterocycles. The normalized spacial score (nSPS) is 10.4. The maximum atomic E-state index is 12.1. The minimum absolute atomic E-state index is 0.0263. The summed E-state index contributed by atoms with van der Waals surface area (Å²) < 4.78 is 33.4. The molecule has 0 saturated carbocycles. The number of alkyl halides is 2. The first-order chi connectivity index (χ1) is 12.8. The number of nitro groups is 1. The van der Waals surface area contributed by atoms with Crippen molar-refractivity contribution in [3.05, 3.63) is 63.2 Å². The van der Waals surface area contributed by atoms with E-state index in [0.29, 0.717) is 0 Å². The Bertz CT molecular complexity index is 860. The fourth-order valence-electron chi connectivity index (χ4n) is 1.89. The lowest BCUT2D eigenvalue weighted by atomic mass is 10.2. The summed E-state index contributed by atoms with van der Waals surface area (Å²) in [7, 11) is 0. The van der Waals surface area contributed by atoms with Crippen LogP contribution in [0.3, 0.4) is 0 Å². The summed E-state index contributed by atoms with van der Waals surface area (Å²) in [6.07, 6.45) is 0. The summed E-state index contributed by atoms with van der Waals surface area (Å²) >= 11 is 5.82. The zero-order valence-electron chi connectivity index (χ0n) is 13.4. The summed E-state index contributed by atoms with van der Waals surface area (Å²) in [5.41, 5.74) is -0.204. The minimum atomic E-state index is -2.99. The summed E-state index contributed by atoms with van der Waals surface area (Å²) in [5.74, 6) is -1.69. The minimum Gasteiger partial charge on any atom is -0.482 e. The number of halogens is 3. The van der Waals surface area contributed by atoms with Crippen LogP contribution in [0.4, 0.5) is 14.5 Å². The molecule has 0 saturated heterocycles. The molecule has 0 aliphatic heterocycles. The van der Waals surface area contributed by atoms with E-state index in [0.717, 1.165) is 24.3 Å². The van der Waals surface area contributed by atoms with E-state index in [9.17, 15) is 28.5 Å². The second kappa shape index (κ2) is 8.90. The number of imide groups is 1. The fraction of sp³-hybridized carbons (Fsp3) is 0.125. The lowest BCUT2D eigenvalue weighted by molar-refractivity contribution is -0.384. The van der Waals surface area contributed by atoms with Crippen LogP contribution in [0.5, 0.6) is 11.5 Å². The van der Waals surface area contributed by atoms with E-state index in [4.69, 9.17) is 16.3 Å². The molecule has 1 N–H and O–H groups in total. The Morgan fingerprint density at radius 2 is 1.85 bits per heavy atom. The Hall–Kier alpha value is -3.27. The third-order valence-electron chi connectivity index (χ3n) is 3.08. The number of ether oxygens (including phenoxy) is 2. The number of benzene rings is 2. The Morgan fingerprint density at radius 3 is 2.41 bits per heavy atom. The predicted octanol–water partition coefficient (Wildman–Crippen LogP) is 3.19. The number of hydrogen-bond donors (Lipinski definition) is 1. The smallest absolute Gasteiger partial charge is 0.387 e. The van der Waals surface area contributed by atoms with Crippen LogP contribution >= 0.6 is 11.6 Å². The lowest BCUT2D eigenvalue weighted by Gasteiger charge is -2.09. The first kappa shape index (κ1) is 20.0. The second-order valence-corrected chi connectivity index (χ2v) is 5.35. The van der Waals surface area contributed by atoms with Crippen molar-refractivity contribution < 1.29 is 32.8 Å². The number of hydrogen-bond acceptors (Lipinski definition) is 6. The van der Waals surface area contributed by atoms with Crippen LogP contribution < -0.4 is 14.8 Å². The van der Waals surface area contributed by atoms with Gasteiger partial charge in [-0.05, 0) is 30.3 Å². The Kier molecular flexibility index (Phi) is 6.61. The zero-order chi connectivity index (χ0) is 20.0. The van der Waals surface area contributed by atoms with Crippen LogP contribution in [-0.4, -0.2) is 30.0 Å². The molecule has 0 fully saturated rings. The summed E-state index contributed by atoms with van der Waals surface area (Å²) in [6.45, 7) is -3.56. The fourth-order valence-corrected chi connectivity index (χ4v) is 2.12. The molecule has 11 heteroatoms. The molecule has 0 radical (unpaired) electrons. The van der Waals surface area contributed by atoms with Gasteiger partial charge in [0.05, 0.1) is 9.95 Å². The van der Waals surface area contributed by atoms with Crippen molar-refractivity contribution in [1.29, 1.82) is 0 Å². The Labute approximate surface area is 155 Å². The van der Waals surface area contributed by atoms with Crippen LogP contribution in [-0.2, 0) is 4.79 Å². The SMILES string of the molecule is O=C(COc1ccc([N+](=O)[O-])cc1Cl)NC(=O)c1ccc(OC(F)F)cc1. The van der Waals surface area contributed by atoms with Gasteiger partial charge in [-0.15, -0.1) is 0 Å². The van der Waals surface area contributed by atoms with E-state index in [1.165, 1.54) is 18.2 Å². The van der Waals surface area contributed by atoms with Gasteiger partial charge in [-0.25, -0.2) is 0 Å². The molecule has 0 aliphatic carbocycles. The van der Waals surface area contributed by atoms with E-state index in [1.54, 1.807) is 0 Å². The van der Waals surface area contributed by atoms with Crippen molar-refractivity contribution in [1.82, 2.24) is 5.32 Å². The molecule has 2 amide bonds. The monoisotopic (exact) mass is 400 g/mol. The molecule has 2 aromatic carbocycles. The first-order valence-corrected chi connectivity index (χ1v) is 7.60. The lowest BCUT2D eigenvalue weighted by Crippen LogP contribution is -2.34. The molecular formula is C16H11ClF2N2O6. The van der Waals surface area contributed by atoms with Crippen molar-refractivity contribution in [2.45, 2.75) is 6.61 Å². The summed E-state index contributed by atoms with van der Waals surface area (Å²) in [5, 5.41) is 12.6. The van der Waals surface area contributed by atoms with Gasteiger partial charge in [0.1, 0.15) is 11.5 Å². The van der Waals surface area contributed by atoms with Gasteiger partial charge in [-0.1, -0.05) is 11.6 Å². The largest absolute Gasteiger partial charge is 0.482 e. The molecule has 0 unspecified atom stereocenters. The van der Waals surface area contributed by atoms with Crippen molar-refractivity contribution in [3.63, 3.8) is 0 Å². The van der Waals surface area contributed by atoms with E-state index >= 15 is 0 Å². The van der Waals surface area contributed by atoms with E-state index in [-0.39, 0.29) is 27.8 Å². The van der Waals surface area contributed by atoms with Crippen molar-refractivity contribution in [2.24, 2.45) is 0 Å². The second-order valence-electron chi connectivity index (χ2n) is 4.94. The maximum Gasteiger partial charge on any atom is 0.387 e. The third kappa shape index (κ3) is 5.89. The van der Waals surface area contributed by atoms with Crippen LogP contribution in [0.1, 0.15) is 10.4 Å². The molecule has 2 rings (SSSR count). The third-order valence-corrected chi connectivity index (χ3v) is 3.38. The molecule has 0 atom stereocenters. The van der Waals surface area contributed by atoms with Crippen LogP contribution in [0.15, 0.2) is 42.5 Å². The molecule has 2 aromatic rings. The van der Waals surface area contributed by atoms with Gasteiger partial charge in [-0.3, -0.25) is 25.0 Å². The van der Waals surface area contributed by atoms with Gasteiger partial charge in [0.2, 0.25) is 0 Å².